The molecule has 3 rings (SSSR count). The average Bonchev–Trinajstić information content (AvgIpc) is 2.89. The lowest BCUT2D eigenvalue weighted by molar-refractivity contribution is -0.134. The van der Waals surface area contributed by atoms with Gasteiger partial charge in [-0.1, -0.05) is 45.2 Å². The lowest BCUT2D eigenvalue weighted by atomic mass is 9.76. The van der Waals surface area contributed by atoms with Crippen LogP contribution in [0.15, 0.2) is 24.3 Å². The number of carbonyl (C=O) groups excluding carboxylic acids is 3. The van der Waals surface area contributed by atoms with Crippen LogP contribution in [-0.4, -0.2) is 17.8 Å². The van der Waals surface area contributed by atoms with Crippen LogP contribution in [0.25, 0.3) is 0 Å². The Labute approximate surface area is 161 Å². The zero-order valence-electron chi connectivity index (χ0n) is 16.3. The van der Waals surface area contributed by atoms with E-state index in [9.17, 15) is 14.4 Å². The molecule has 2 aliphatic rings. The minimum absolute atomic E-state index is 0.150. The van der Waals surface area contributed by atoms with Crippen LogP contribution < -0.4 is 9.64 Å². The van der Waals surface area contributed by atoms with Crippen molar-refractivity contribution in [3.8, 4) is 5.75 Å². The van der Waals surface area contributed by atoms with Gasteiger partial charge in [0.25, 0.3) is 0 Å². The third-order valence-electron chi connectivity index (χ3n) is 5.75. The van der Waals surface area contributed by atoms with Gasteiger partial charge in [-0.3, -0.25) is 14.4 Å². The summed E-state index contributed by atoms with van der Waals surface area (Å²) in [4.78, 5) is 39.3. The van der Waals surface area contributed by atoms with Crippen molar-refractivity contribution in [2.45, 2.75) is 65.2 Å². The zero-order valence-corrected chi connectivity index (χ0v) is 16.3. The molecular weight excluding hydrogens is 342 g/mol. The van der Waals surface area contributed by atoms with Crippen molar-refractivity contribution in [2.24, 2.45) is 17.8 Å². The Hall–Kier alpha value is -2.17. The Morgan fingerprint density at radius 1 is 1.07 bits per heavy atom. The molecule has 146 valence electrons. The normalized spacial score (nSPS) is 24.8. The predicted molar refractivity (Wildman–Crippen MR) is 103 cm³/mol. The second-order valence-electron chi connectivity index (χ2n) is 7.90. The number of anilines is 1. The standard InChI is InChI=1S/C22H29NO4/c1-3-4-5-6-11-20(24)27-19-10-8-7-9-18(19)23-21(25)16-13-12-15(2)14-17(16)22(23)26/h7-10,15-17H,3-6,11-14H2,1-2H3/t15-,16-,17+/m1/s1. The van der Waals surface area contributed by atoms with Gasteiger partial charge < -0.3 is 4.74 Å². The molecule has 0 unspecified atom stereocenters. The van der Waals surface area contributed by atoms with Gasteiger partial charge in [0, 0.05) is 6.42 Å². The van der Waals surface area contributed by atoms with Crippen molar-refractivity contribution >= 4 is 23.5 Å². The van der Waals surface area contributed by atoms with Crippen LogP contribution in [0, 0.1) is 17.8 Å². The van der Waals surface area contributed by atoms with Gasteiger partial charge in [0.15, 0.2) is 5.75 Å². The van der Waals surface area contributed by atoms with Gasteiger partial charge >= 0.3 is 5.97 Å². The maximum absolute atomic E-state index is 12.9. The maximum atomic E-state index is 12.9. The Morgan fingerprint density at radius 3 is 2.59 bits per heavy atom. The van der Waals surface area contributed by atoms with Crippen LogP contribution in [0.4, 0.5) is 5.69 Å². The number of unbranched alkanes of at least 4 members (excludes halogenated alkanes) is 3. The molecule has 3 atom stereocenters. The number of benzene rings is 1. The molecule has 1 aliphatic heterocycles. The van der Waals surface area contributed by atoms with Gasteiger partial charge in [-0.05, 0) is 43.7 Å². The number of hydrogen-bond acceptors (Lipinski definition) is 4. The minimum Gasteiger partial charge on any atom is -0.424 e. The molecule has 0 radical (unpaired) electrons. The average molecular weight is 371 g/mol. The van der Waals surface area contributed by atoms with Crippen molar-refractivity contribution in [3.63, 3.8) is 0 Å². The molecule has 0 spiro atoms. The van der Waals surface area contributed by atoms with Crippen molar-refractivity contribution in [2.75, 3.05) is 4.90 Å². The molecule has 2 fully saturated rings. The van der Waals surface area contributed by atoms with E-state index in [0.717, 1.165) is 44.9 Å². The first-order valence-corrected chi connectivity index (χ1v) is 10.2. The topological polar surface area (TPSA) is 63.7 Å². The summed E-state index contributed by atoms with van der Waals surface area (Å²) in [7, 11) is 0. The van der Waals surface area contributed by atoms with Crippen molar-refractivity contribution in [1.29, 1.82) is 0 Å². The molecule has 5 heteroatoms. The molecule has 1 saturated heterocycles. The summed E-state index contributed by atoms with van der Waals surface area (Å²) >= 11 is 0. The number of carbonyl (C=O) groups is 3. The fraction of sp³-hybridized carbons (Fsp3) is 0.591. The smallest absolute Gasteiger partial charge is 0.311 e. The molecule has 0 bridgehead atoms. The van der Waals surface area contributed by atoms with E-state index in [0.29, 0.717) is 23.8 Å². The number of imide groups is 1. The maximum Gasteiger partial charge on any atom is 0.311 e. The summed E-state index contributed by atoms with van der Waals surface area (Å²) < 4.78 is 5.52. The van der Waals surface area contributed by atoms with Crippen LogP contribution in [0.2, 0.25) is 0 Å². The van der Waals surface area contributed by atoms with E-state index in [1.807, 2.05) is 0 Å². The third kappa shape index (κ3) is 4.23. The summed E-state index contributed by atoms with van der Waals surface area (Å²) in [5, 5.41) is 0. The van der Waals surface area contributed by atoms with Gasteiger partial charge in [-0.15, -0.1) is 0 Å². The van der Waals surface area contributed by atoms with Crippen LogP contribution >= 0.6 is 0 Å². The Balaban J connectivity index is 1.74. The van der Waals surface area contributed by atoms with E-state index in [1.54, 1.807) is 24.3 Å². The van der Waals surface area contributed by atoms with Crippen molar-refractivity contribution in [3.05, 3.63) is 24.3 Å². The van der Waals surface area contributed by atoms with E-state index in [-0.39, 0.29) is 29.6 Å². The largest absolute Gasteiger partial charge is 0.424 e. The van der Waals surface area contributed by atoms with Gasteiger partial charge in [0.1, 0.15) is 0 Å². The number of esters is 1. The SMILES string of the molecule is CCCCCCC(=O)Oc1ccccc1N1C(=O)[C@H]2C[C@H](C)CC[C@H]2C1=O. The molecule has 2 amide bonds. The molecule has 1 aliphatic carbocycles. The van der Waals surface area contributed by atoms with Gasteiger partial charge in [-0.2, -0.15) is 0 Å². The van der Waals surface area contributed by atoms with Gasteiger partial charge in [0.2, 0.25) is 11.8 Å². The number of rotatable bonds is 7. The Kier molecular flexibility index (Phi) is 6.30. The van der Waals surface area contributed by atoms with Crippen LogP contribution in [-0.2, 0) is 14.4 Å². The summed E-state index contributed by atoms with van der Waals surface area (Å²) in [5.74, 6) is -0.328. The lowest BCUT2D eigenvalue weighted by Crippen LogP contribution is -2.31. The van der Waals surface area contributed by atoms with Gasteiger partial charge in [-0.25, -0.2) is 4.90 Å². The lowest BCUT2D eigenvalue weighted by Gasteiger charge is -2.25. The highest BCUT2D eigenvalue weighted by molar-refractivity contribution is 6.22. The molecule has 0 N–H and O–H groups in total. The fourth-order valence-corrected chi connectivity index (χ4v) is 4.23. The van der Waals surface area contributed by atoms with Crippen LogP contribution in [0.5, 0.6) is 5.75 Å². The summed E-state index contributed by atoms with van der Waals surface area (Å²) in [6, 6.07) is 6.86. The molecule has 0 aromatic heterocycles. The number of para-hydroxylation sites is 2. The Bertz CT molecular complexity index is 714. The molecule has 27 heavy (non-hydrogen) atoms. The molecular formula is C22H29NO4. The number of nitrogens with zero attached hydrogens (tertiary/aromatic N) is 1. The molecule has 1 aromatic rings. The minimum atomic E-state index is -0.316. The number of amides is 2. The second kappa shape index (κ2) is 8.68. The number of fused-ring (bicyclic) bond motifs is 1. The molecule has 5 nitrogen and oxygen atoms in total. The first-order chi connectivity index (χ1) is 13.0. The van der Waals surface area contributed by atoms with Gasteiger partial charge in [0.05, 0.1) is 17.5 Å². The fourth-order valence-electron chi connectivity index (χ4n) is 4.23. The molecule has 1 saturated carbocycles. The zero-order chi connectivity index (χ0) is 19.4. The molecule has 1 heterocycles. The van der Waals surface area contributed by atoms with Crippen molar-refractivity contribution in [1.82, 2.24) is 0 Å². The van der Waals surface area contributed by atoms with Crippen LogP contribution in [0.3, 0.4) is 0 Å². The summed E-state index contributed by atoms with van der Waals surface area (Å²) in [6.07, 6.45) is 6.83. The van der Waals surface area contributed by atoms with Crippen LogP contribution in [0.1, 0.15) is 65.2 Å². The monoisotopic (exact) mass is 371 g/mol. The van der Waals surface area contributed by atoms with E-state index in [1.165, 1.54) is 4.90 Å². The van der Waals surface area contributed by atoms with E-state index < -0.39 is 0 Å². The number of ether oxygens (including phenoxy) is 1. The van der Waals surface area contributed by atoms with Crippen molar-refractivity contribution < 1.29 is 19.1 Å². The summed E-state index contributed by atoms with van der Waals surface area (Å²) in [6.45, 7) is 4.25. The first kappa shape index (κ1) is 19.6. The second-order valence-corrected chi connectivity index (χ2v) is 7.90. The van der Waals surface area contributed by atoms with E-state index >= 15 is 0 Å². The highest BCUT2D eigenvalue weighted by Gasteiger charge is 2.50. The quantitative estimate of drug-likeness (QED) is 0.307. The van der Waals surface area contributed by atoms with E-state index in [2.05, 4.69) is 13.8 Å². The Morgan fingerprint density at radius 2 is 1.81 bits per heavy atom. The number of hydrogen-bond donors (Lipinski definition) is 0. The summed E-state index contributed by atoms with van der Waals surface area (Å²) in [5.41, 5.74) is 0.400. The highest BCUT2D eigenvalue weighted by atomic mass is 16.5. The predicted octanol–water partition coefficient (Wildman–Crippen LogP) is 4.49. The first-order valence-electron chi connectivity index (χ1n) is 10.2. The van der Waals surface area contributed by atoms with E-state index in [4.69, 9.17) is 4.74 Å². The molecule has 1 aromatic carbocycles. The highest BCUT2D eigenvalue weighted by Crippen LogP contribution is 2.44. The third-order valence-corrected chi connectivity index (χ3v) is 5.75.